The first-order chi connectivity index (χ1) is 9.11. The maximum absolute atomic E-state index is 12.1. The summed E-state index contributed by atoms with van der Waals surface area (Å²) >= 11 is 1.14. The Kier molecular flexibility index (Phi) is 4.13. The molecule has 1 aromatic heterocycles. The minimum atomic E-state index is -0.434. The number of aromatic nitrogens is 1. The second kappa shape index (κ2) is 5.81. The number of benzene rings is 1. The summed E-state index contributed by atoms with van der Waals surface area (Å²) in [7, 11) is 0. The minimum absolute atomic E-state index is 0.164. The Labute approximate surface area is 115 Å². The third-order valence-corrected chi connectivity index (χ3v) is 3.69. The van der Waals surface area contributed by atoms with Gasteiger partial charge in [0.1, 0.15) is 4.88 Å². The lowest BCUT2D eigenvalue weighted by atomic mass is 10.1. The number of aryl methyl sites for hydroxylation is 1. The van der Waals surface area contributed by atoms with Crippen molar-refractivity contribution >= 4 is 22.4 Å². The molecule has 1 heterocycles. The average Bonchev–Trinajstić information content (AvgIpc) is 2.76. The molecule has 4 N–H and O–H groups in total. The van der Waals surface area contributed by atoms with E-state index in [0.29, 0.717) is 15.7 Å². The van der Waals surface area contributed by atoms with Crippen LogP contribution >= 0.6 is 11.3 Å². The summed E-state index contributed by atoms with van der Waals surface area (Å²) in [5.41, 5.74) is 7.03. The predicted octanol–water partition coefficient (Wildman–Crippen LogP) is 1.50. The van der Waals surface area contributed by atoms with Gasteiger partial charge in [0.15, 0.2) is 5.13 Å². The van der Waals surface area contributed by atoms with Crippen LogP contribution in [-0.4, -0.2) is 22.6 Å². The Morgan fingerprint density at radius 3 is 2.68 bits per heavy atom. The van der Waals surface area contributed by atoms with Crippen molar-refractivity contribution in [1.29, 1.82) is 0 Å². The van der Waals surface area contributed by atoms with Crippen LogP contribution in [0.15, 0.2) is 30.3 Å². The summed E-state index contributed by atoms with van der Waals surface area (Å²) in [6.07, 6.45) is 0. The van der Waals surface area contributed by atoms with Crippen molar-refractivity contribution in [1.82, 2.24) is 10.3 Å². The van der Waals surface area contributed by atoms with Gasteiger partial charge in [-0.2, -0.15) is 0 Å². The van der Waals surface area contributed by atoms with E-state index in [-0.39, 0.29) is 12.5 Å². The number of hydrogen-bond acceptors (Lipinski definition) is 5. The van der Waals surface area contributed by atoms with Crippen LogP contribution in [0.25, 0.3) is 0 Å². The molecule has 0 bridgehead atoms. The van der Waals surface area contributed by atoms with Crippen LogP contribution in [0.4, 0.5) is 5.13 Å². The lowest BCUT2D eigenvalue weighted by Crippen LogP contribution is -2.30. The fourth-order valence-electron chi connectivity index (χ4n) is 1.77. The fourth-order valence-corrected chi connectivity index (χ4v) is 2.51. The number of nitrogens with one attached hydrogen (secondary N) is 1. The molecule has 100 valence electrons. The molecule has 5 nitrogen and oxygen atoms in total. The summed E-state index contributed by atoms with van der Waals surface area (Å²) < 4.78 is 0. The van der Waals surface area contributed by atoms with Crippen molar-refractivity contribution in [2.75, 3.05) is 12.3 Å². The molecule has 0 aliphatic rings. The van der Waals surface area contributed by atoms with E-state index >= 15 is 0 Å². The van der Waals surface area contributed by atoms with E-state index in [4.69, 9.17) is 5.73 Å². The minimum Gasteiger partial charge on any atom is -0.394 e. The number of nitrogen functional groups attached to an aromatic ring is 1. The fraction of sp³-hybridized carbons (Fsp3) is 0.231. The Bertz CT molecular complexity index is 569. The van der Waals surface area contributed by atoms with Gasteiger partial charge >= 0.3 is 0 Å². The van der Waals surface area contributed by atoms with Crippen LogP contribution in [0.2, 0.25) is 0 Å². The molecule has 2 aromatic rings. The van der Waals surface area contributed by atoms with Gasteiger partial charge in [-0.1, -0.05) is 41.7 Å². The summed E-state index contributed by atoms with van der Waals surface area (Å²) in [6, 6.07) is 8.88. The zero-order valence-corrected chi connectivity index (χ0v) is 11.3. The number of rotatable bonds is 4. The topological polar surface area (TPSA) is 88.2 Å². The first-order valence-electron chi connectivity index (χ1n) is 5.81. The molecule has 0 unspecified atom stereocenters. The summed E-state index contributed by atoms with van der Waals surface area (Å²) in [4.78, 5) is 16.6. The Morgan fingerprint density at radius 1 is 1.47 bits per heavy atom. The van der Waals surface area contributed by atoms with Crippen LogP contribution in [0.5, 0.6) is 0 Å². The highest BCUT2D eigenvalue weighted by Gasteiger charge is 2.18. The van der Waals surface area contributed by atoms with Gasteiger partial charge in [0.25, 0.3) is 5.91 Å². The monoisotopic (exact) mass is 277 g/mol. The number of carbonyl (C=O) groups excluding carboxylic acids is 1. The second-order valence-corrected chi connectivity index (χ2v) is 5.12. The third-order valence-electron chi connectivity index (χ3n) is 2.71. The molecule has 6 heteroatoms. The first kappa shape index (κ1) is 13.5. The van der Waals surface area contributed by atoms with Crippen molar-refractivity contribution in [2.45, 2.75) is 13.0 Å². The van der Waals surface area contributed by atoms with Gasteiger partial charge < -0.3 is 16.2 Å². The van der Waals surface area contributed by atoms with E-state index < -0.39 is 6.04 Å². The highest BCUT2D eigenvalue weighted by molar-refractivity contribution is 7.17. The van der Waals surface area contributed by atoms with E-state index in [1.165, 1.54) is 0 Å². The number of carbonyl (C=O) groups is 1. The molecule has 0 spiro atoms. The molecular formula is C13H15N3O2S. The molecule has 1 amide bonds. The van der Waals surface area contributed by atoms with Crippen molar-refractivity contribution in [3.63, 3.8) is 0 Å². The van der Waals surface area contributed by atoms with Crippen LogP contribution in [0.3, 0.4) is 0 Å². The van der Waals surface area contributed by atoms with Crippen molar-refractivity contribution in [2.24, 2.45) is 0 Å². The number of nitrogens with two attached hydrogens (primary N) is 1. The van der Waals surface area contributed by atoms with Gasteiger partial charge in [-0.3, -0.25) is 4.79 Å². The highest BCUT2D eigenvalue weighted by atomic mass is 32.1. The SMILES string of the molecule is Cc1nc(N)sc1C(=O)N[C@@H](CO)c1ccccc1. The van der Waals surface area contributed by atoms with E-state index in [1.807, 2.05) is 30.3 Å². The lowest BCUT2D eigenvalue weighted by molar-refractivity contribution is 0.0919. The maximum Gasteiger partial charge on any atom is 0.263 e. The number of aliphatic hydroxyl groups excluding tert-OH is 1. The van der Waals surface area contributed by atoms with Crippen LogP contribution in [0.1, 0.15) is 27.0 Å². The summed E-state index contributed by atoms with van der Waals surface area (Å²) in [6.45, 7) is 1.57. The van der Waals surface area contributed by atoms with E-state index in [9.17, 15) is 9.90 Å². The number of nitrogens with zero attached hydrogens (tertiary/aromatic N) is 1. The van der Waals surface area contributed by atoms with E-state index in [1.54, 1.807) is 6.92 Å². The molecule has 0 saturated heterocycles. The molecular weight excluding hydrogens is 262 g/mol. The standard InChI is InChI=1S/C13H15N3O2S/c1-8-11(19-13(14)15-8)12(18)16-10(7-17)9-5-3-2-4-6-9/h2-6,10,17H,7H2,1H3,(H2,14,15)(H,16,18)/t10-/m0/s1. The smallest absolute Gasteiger partial charge is 0.263 e. The number of thiazole rings is 1. The normalized spacial score (nSPS) is 12.1. The Morgan fingerprint density at radius 2 is 2.16 bits per heavy atom. The number of anilines is 1. The van der Waals surface area contributed by atoms with Crippen molar-refractivity contribution < 1.29 is 9.90 Å². The maximum atomic E-state index is 12.1. The number of hydrogen-bond donors (Lipinski definition) is 3. The molecule has 0 fully saturated rings. The Balaban J connectivity index is 2.15. The van der Waals surface area contributed by atoms with Gasteiger partial charge in [0.05, 0.1) is 18.3 Å². The molecule has 19 heavy (non-hydrogen) atoms. The van der Waals surface area contributed by atoms with E-state index in [0.717, 1.165) is 16.9 Å². The molecule has 0 aliphatic heterocycles. The van der Waals surface area contributed by atoms with E-state index in [2.05, 4.69) is 10.3 Å². The highest BCUT2D eigenvalue weighted by Crippen LogP contribution is 2.21. The van der Waals surface area contributed by atoms with Gasteiger partial charge in [0, 0.05) is 0 Å². The molecule has 0 saturated carbocycles. The van der Waals surface area contributed by atoms with Crippen LogP contribution in [-0.2, 0) is 0 Å². The second-order valence-electron chi connectivity index (χ2n) is 4.09. The molecule has 1 aromatic carbocycles. The van der Waals surface area contributed by atoms with Gasteiger partial charge in [-0.05, 0) is 12.5 Å². The van der Waals surface area contributed by atoms with Crippen molar-refractivity contribution in [3.8, 4) is 0 Å². The number of amides is 1. The largest absolute Gasteiger partial charge is 0.394 e. The average molecular weight is 277 g/mol. The Hall–Kier alpha value is -1.92. The molecule has 2 rings (SSSR count). The lowest BCUT2D eigenvalue weighted by Gasteiger charge is -2.16. The first-order valence-corrected chi connectivity index (χ1v) is 6.63. The third kappa shape index (κ3) is 3.10. The van der Waals surface area contributed by atoms with Gasteiger partial charge in [0.2, 0.25) is 0 Å². The van der Waals surface area contributed by atoms with Crippen LogP contribution < -0.4 is 11.1 Å². The summed E-state index contributed by atoms with van der Waals surface area (Å²) in [5.74, 6) is -0.269. The van der Waals surface area contributed by atoms with Crippen LogP contribution in [0, 0.1) is 6.92 Å². The van der Waals surface area contributed by atoms with Gasteiger partial charge in [-0.25, -0.2) is 4.98 Å². The van der Waals surface area contributed by atoms with Crippen molar-refractivity contribution in [3.05, 3.63) is 46.5 Å². The zero-order valence-electron chi connectivity index (χ0n) is 10.5. The van der Waals surface area contributed by atoms with Gasteiger partial charge in [-0.15, -0.1) is 0 Å². The quantitative estimate of drug-likeness (QED) is 0.790. The number of aliphatic hydroxyl groups is 1. The zero-order chi connectivity index (χ0) is 13.8. The molecule has 1 atom stereocenters. The molecule has 0 aliphatic carbocycles. The predicted molar refractivity (Wildman–Crippen MR) is 75.0 cm³/mol. The molecule has 0 radical (unpaired) electrons. The summed E-state index contributed by atoms with van der Waals surface area (Å²) in [5, 5.41) is 12.5.